The number of nitrogens with one attached hydrogen (secondary N) is 4. The molecule has 0 aliphatic heterocycles. The number of hydrogen-bond donors (Lipinski definition) is 6. The fourth-order valence-electron chi connectivity index (χ4n) is 2.34. The van der Waals surface area contributed by atoms with Crippen molar-refractivity contribution in [3.8, 4) is 0 Å². The minimum atomic E-state index is -0.847. The molecule has 29 heavy (non-hydrogen) atoms. The van der Waals surface area contributed by atoms with Gasteiger partial charge < -0.3 is 21.5 Å². The zero-order chi connectivity index (χ0) is 20.4. The van der Waals surface area contributed by atoms with Crippen LogP contribution in [-0.2, 0) is 22.7 Å². The molecule has 1 aromatic carbocycles. The molecule has 2 aromatic rings. The van der Waals surface area contributed by atoms with Gasteiger partial charge in [-0.3, -0.25) is 25.3 Å². The molecule has 1 aromatic heterocycles. The molecule has 10 heteroatoms. The molecule has 0 spiro atoms. The third-order valence-corrected chi connectivity index (χ3v) is 3.98. The number of nitrogen functional groups attached to an aromatic ring is 1. The van der Waals surface area contributed by atoms with Gasteiger partial charge in [0.1, 0.15) is 11.9 Å². The molecular weight excluding hydrogens is 396 g/mol. The molecule has 1 atom stereocenters. The SMILES string of the molecule is Cl.N=C(N)c1ccc(CNC(CO)C(=O)NCC(=O)NCc2ccncc2)cc1. The second-order valence-corrected chi connectivity index (χ2v) is 6.08. The lowest BCUT2D eigenvalue weighted by atomic mass is 10.1. The predicted octanol–water partition coefficient (Wildman–Crippen LogP) is -0.329. The van der Waals surface area contributed by atoms with Crippen LogP contribution in [0.5, 0.6) is 0 Å². The summed E-state index contributed by atoms with van der Waals surface area (Å²) in [7, 11) is 0. The van der Waals surface area contributed by atoms with Gasteiger partial charge in [-0.2, -0.15) is 0 Å². The number of halogens is 1. The maximum Gasteiger partial charge on any atom is 0.239 e. The van der Waals surface area contributed by atoms with Crippen LogP contribution in [0.15, 0.2) is 48.8 Å². The summed E-state index contributed by atoms with van der Waals surface area (Å²) in [6.07, 6.45) is 3.27. The molecule has 0 radical (unpaired) electrons. The van der Waals surface area contributed by atoms with E-state index < -0.39 is 18.6 Å². The highest BCUT2D eigenvalue weighted by atomic mass is 35.5. The van der Waals surface area contributed by atoms with Gasteiger partial charge in [0, 0.05) is 31.0 Å². The van der Waals surface area contributed by atoms with Crippen molar-refractivity contribution in [3.63, 3.8) is 0 Å². The van der Waals surface area contributed by atoms with Gasteiger partial charge >= 0.3 is 0 Å². The summed E-state index contributed by atoms with van der Waals surface area (Å²) in [5.74, 6) is -0.821. The van der Waals surface area contributed by atoms with Crippen LogP contribution in [0, 0.1) is 5.41 Å². The molecule has 1 heterocycles. The van der Waals surface area contributed by atoms with Crippen molar-refractivity contribution < 1.29 is 14.7 Å². The molecule has 0 fully saturated rings. The Morgan fingerprint density at radius 2 is 1.66 bits per heavy atom. The molecular formula is C19H25ClN6O3. The van der Waals surface area contributed by atoms with Crippen LogP contribution >= 0.6 is 12.4 Å². The fourth-order valence-corrected chi connectivity index (χ4v) is 2.34. The average Bonchev–Trinajstić information content (AvgIpc) is 2.72. The first-order valence-electron chi connectivity index (χ1n) is 8.70. The molecule has 7 N–H and O–H groups in total. The van der Waals surface area contributed by atoms with Crippen molar-refractivity contribution in [1.82, 2.24) is 20.9 Å². The van der Waals surface area contributed by atoms with Crippen molar-refractivity contribution in [2.45, 2.75) is 19.1 Å². The number of aliphatic hydroxyl groups is 1. The van der Waals surface area contributed by atoms with Crippen LogP contribution in [0.3, 0.4) is 0 Å². The number of aromatic nitrogens is 1. The van der Waals surface area contributed by atoms with Crippen LogP contribution in [0.1, 0.15) is 16.7 Å². The highest BCUT2D eigenvalue weighted by molar-refractivity contribution is 5.94. The summed E-state index contributed by atoms with van der Waals surface area (Å²) in [5, 5.41) is 24.9. The van der Waals surface area contributed by atoms with Gasteiger partial charge in [-0.15, -0.1) is 12.4 Å². The first-order valence-corrected chi connectivity index (χ1v) is 8.70. The monoisotopic (exact) mass is 420 g/mol. The number of nitrogens with zero attached hydrogens (tertiary/aromatic N) is 1. The van der Waals surface area contributed by atoms with Gasteiger partial charge in [0.05, 0.1) is 13.2 Å². The van der Waals surface area contributed by atoms with E-state index in [0.29, 0.717) is 18.7 Å². The summed E-state index contributed by atoms with van der Waals surface area (Å²) in [6, 6.07) is 9.70. The fraction of sp³-hybridized carbons (Fsp3) is 0.263. The summed E-state index contributed by atoms with van der Waals surface area (Å²) in [6.45, 7) is 0.0889. The van der Waals surface area contributed by atoms with Gasteiger partial charge in [-0.1, -0.05) is 24.3 Å². The first-order chi connectivity index (χ1) is 13.5. The van der Waals surface area contributed by atoms with Crippen LogP contribution in [0.2, 0.25) is 0 Å². The summed E-state index contributed by atoms with van der Waals surface area (Å²) < 4.78 is 0. The van der Waals surface area contributed by atoms with Crippen molar-refractivity contribution in [1.29, 1.82) is 5.41 Å². The molecule has 0 bridgehead atoms. The van der Waals surface area contributed by atoms with E-state index in [-0.39, 0.29) is 30.7 Å². The van der Waals surface area contributed by atoms with Crippen molar-refractivity contribution in [3.05, 3.63) is 65.5 Å². The number of carbonyl (C=O) groups excluding carboxylic acids is 2. The third kappa shape index (κ3) is 8.26. The smallest absolute Gasteiger partial charge is 0.239 e. The molecule has 2 amide bonds. The average molecular weight is 421 g/mol. The Hall–Kier alpha value is -3.01. The van der Waals surface area contributed by atoms with E-state index in [1.807, 2.05) is 0 Å². The lowest BCUT2D eigenvalue weighted by molar-refractivity contribution is -0.128. The number of rotatable bonds is 10. The predicted molar refractivity (Wildman–Crippen MR) is 112 cm³/mol. The van der Waals surface area contributed by atoms with Crippen LogP contribution in [0.25, 0.3) is 0 Å². The van der Waals surface area contributed by atoms with Gasteiger partial charge in [-0.25, -0.2) is 0 Å². The molecule has 1 unspecified atom stereocenters. The quantitative estimate of drug-likeness (QED) is 0.228. The summed E-state index contributed by atoms with van der Waals surface area (Å²) >= 11 is 0. The number of hydrogen-bond acceptors (Lipinski definition) is 6. The highest BCUT2D eigenvalue weighted by Crippen LogP contribution is 2.04. The van der Waals surface area contributed by atoms with E-state index in [9.17, 15) is 14.7 Å². The molecule has 2 rings (SSSR count). The Kier molecular flexibility index (Phi) is 10.3. The minimum absolute atomic E-state index is 0. The number of nitrogens with two attached hydrogens (primary N) is 1. The normalized spacial score (nSPS) is 11.1. The summed E-state index contributed by atoms with van der Waals surface area (Å²) in [5.41, 5.74) is 7.79. The van der Waals surface area contributed by atoms with Gasteiger partial charge in [0.2, 0.25) is 11.8 Å². The maximum absolute atomic E-state index is 12.2. The van der Waals surface area contributed by atoms with E-state index in [0.717, 1.165) is 11.1 Å². The van der Waals surface area contributed by atoms with E-state index >= 15 is 0 Å². The second kappa shape index (κ2) is 12.4. The van der Waals surface area contributed by atoms with Crippen molar-refractivity contribution in [2.24, 2.45) is 5.73 Å². The summed E-state index contributed by atoms with van der Waals surface area (Å²) in [4.78, 5) is 27.9. The van der Waals surface area contributed by atoms with Crippen molar-refractivity contribution >= 4 is 30.1 Å². The standard InChI is InChI=1S/C19H24N6O3.ClH/c20-18(21)15-3-1-13(2-4-15)9-23-16(12-26)19(28)25-11-17(27)24-10-14-5-7-22-8-6-14;/h1-8,16,23,26H,9-12H2,(H3,20,21)(H,24,27)(H,25,28);1H. The zero-order valence-electron chi connectivity index (χ0n) is 15.7. The number of amidine groups is 1. The Morgan fingerprint density at radius 3 is 2.24 bits per heavy atom. The van der Waals surface area contributed by atoms with Crippen LogP contribution in [0.4, 0.5) is 0 Å². The topological polar surface area (TPSA) is 153 Å². The van der Waals surface area contributed by atoms with Crippen LogP contribution in [-0.4, -0.2) is 46.9 Å². The Labute approximate surface area is 175 Å². The van der Waals surface area contributed by atoms with E-state index in [1.54, 1.807) is 48.8 Å². The molecule has 0 saturated heterocycles. The number of carbonyl (C=O) groups is 2. The molecule has 0 aliphatic rings. The number of benzene rings is 1. The van der Waals surface area contributed by atoms with E-state index in [1.165, 1.54) is 0 Å². The van der Waals surface area contributed by atoms with Gasteiger partial charge in [0.15, 0.2) is 0 Å². The van der Waals surface area contributed by atoms with Crippen molar-refractivity contribution in [2.75, 3.05) is 13.2 Å². The van der Waals surface area contributed by atoms with Crippen LogP contribution < -0.4 is 21.7 Å². The van der Waals surface area contributed by atoms with E-state index in [4.69, 9.17) is 11.1 Å². The Balaban J connectivity index is 0.00000420. The molecule has 0 aliphatic carbocycles. The molecule has 9 nitrogen and oxygen atoms in total. The Bertz CT molecular complexity index is 801. The highest BCUT2D eigenvalue weighted by Gasteiger charge is 2.17. The molecule has 156 valence electrons. The molecule has 0 saturated carbocycles. The van der Waals surface area contributed by atoms with Gasteiger partial charge in [-0.05, 0) is 23.3 Å². The largest absolute Gasteiger partial charge is 0.394 e. The number of amides is 2. The third-order valence-electron chi connectivity index (χ3n) is 3.98. The number of pyridine rings is 1. The lowest BCUT2D eigenvalue weighted by Crippen LogP contribution is -2.48. The zero-order valence-corrected chi connectivity index (χ0v) is 16.5. The van der Waals surface area contributed by atoms with E-state index in [2.05, 4.69) is 20.9 Å². The first kappa shape index (κ1) is 24.0. The second-order valence-electron chi connectivity index (χ2n) is 6.08. The minimum Gasteiger partial charge on any atom is -0.394 e. The maximum atomic E-state index is 12.2. The number of aliphatic hydroxyl groups excluding tert-OH is 1. The lowest BCUT2D eigenvalue weighted by Gasteiger charge is -2.16. The van der Waals surface area contributed by atoms with Gasteiger partial charge in [0.25, 0.3) is 0 Å². The Morgan fingerprint density at radius 1 is 1.03 bits per heavy atom.